The molecule has 0 radical (unpaired) electrons. The van der Waals surface area contributed by atoms with Crippen LogP contribution in [0.1, 0.15) is 21.5 Å². The number of carbonyl (C=O) groups is 1. The molecule has 3 aromatic rings. The van der Waals surface area contributed by atoms with Crippen LogP contribution >= 0.6 is 15.9 Å². The van der Waals surface area contributed by atoms with Crippen LogP contribution in [0.2, 0.25) is 0 Å². The molecule has 1 amide bonds. The summed E-state index contributed by atoms with van der Waals surface area (Å²) in [6.07, 6.45) is 3.01. The van der Waals surface area contributed by atoms with Gasteiger partial charge in [0.25, 0.3) is 5.91 Å². The van der Waals surface area contributed by atoms with Crippen LogP contribution in [0.3, 0.4) is 0 Å². The molecule has 9 heteroatoms. The van der Waals surface area contributed by atoms with Gasteiger partial charge in [-0.1, -0.05) is 24.3 Å². The average molecular weight is 478 g/mol. The van der Waals surface area contributed by atoms with Crippen molar-refractivity contribution in [1.29, 1.82) is 0 Å². The summed E-state index contributed by atoms with van der Waals surface area (Å²) in [6.45, 7) is 0.121. The van der Waals surface area contributed by atoms with Crippen LogP contribution in [0.25, 0.3) is 0 Å². The van der Waals surface area contributed by atoms with Crippen molar-refractivity contribution in [3.63, 3.8) is 0 Å². The Labute approximate surface area is 176 Å². The molecule has 0 fully saturated rings. The van der Waals surface area contributed by atoms with Gasteiger partial charge in [0.1, 0.15) is 5.82 Å². The first-order valence-electron chi connectivity index (χ1n) is 8.55. The molecule has 29 heavy (non-hydrogen) atoms. The highest BCUT2D eigenvalue weighted by Crippen LogP contribution is 2.14. The fourth-order valence-corrected chi connectivity index (χ4v) is 4.00. The molecule has 2 N–H and O–H groups in total. The van der Waals surface area contributed by atoms with E-state index in [1.165, 1.54) is 36.5 Å². The lowest BCUT2D eigenvalue weighted by molar-refractivity contribution is 0.0950. The predicted octanol–water partition coefficient (Wildman–Crippen LogP) is 3.39. The zero-order valence-corrected chi connectivity index (χ0v) is 17.5. The van der Waals surface area contributed by atoms with Gasteiger partial charge in [0.05, 0.1) is 10.5 Å². The number of pyridine rings is 1. The maximum atomic E-state index is 13.2. The highest BCUT2D eigenvalue weighted by Gasteiger charge is 2.15. The van der Waals surface area contributed by atoms with E-state index in [4.69, 9.17) is 0 Å². The number of benzene rings is 2. The van der Waals surface area contributed by atoms with Crippen LogP contribution in [-0.2, 0) is 23.1 Å². The number of carbonyl (C=O) groups excluding carboxylic acids is 1. The first kappa shape index (κ1) is 21.1. The molecular formula is C20H17BrFN3O3S. The van der Waals surface area contributed by atoms with E-state index >= 15 is 0 Å². The number of sulfonamides is 1. The van der Waals surface area contributed by atoms with Gasteiger partial charge in [0.15, 0.2) is 0 Å². The Morgan fingerprint density at radius 3 is 2.45 bits per heavy atom. The van der Waals surface area contributed by atoms with Crippen LogP contribution in [0.5, 0.6) is 0 Å². The molecule has 150 valence electrons. The van der Waals surface area contributed by atoms with E-state index in [-0.39, 0.29) is 23.9 Å². The minimum absolute atomic E-state index is 0.0308. The molecule has 1 heterocycles. The van der Waals surface area contributed by atoms with E-state index in [2.05, 4.69) is 31.0 Å². The Morgan fingerprint density at radius 2 is 1.72 bits per heavy atom. The molecule has 0 atom stereocenters. The van der Waals surface area contributed by atoms with Crippen molar-refractivity contribution in [2.24, 2.45) is 0 Å². The number of rotatable bonds is 7. The lowest BCUT2D eigenvalue weighted by atomic mass is 10.2. The minimum atomic E-state index is -3.79. The number of hydrogen-bond donors (Lipinski definition) is 2. The van der Waals surface area contributed by atoms with Gasteiger partial charge in [-0.25, -0.2) is 17.5 Å². The Kier molecular flexibility index (Phi) is 6.73. The molecule has 0 spiro atoms. The second-order valence-corrected chi connectivity index (χ2v) is 8.86. The van der Waals surface area contributed by atoms with Crippen LogP contribution in [-0.4, -0.2) is 19.3 Å². The molecule has 0 saturated heterocycles. The lowest BCUT2D eigenvalue weighted by Gasteiger charge is -2.10. The van der Waals surface area contributed by atoms with E-state index in [0.717, 1.165) is 0 Å². The summed E-state index contributed by atoms with van der Waals surface area (Å²) in [6, 6.07) is 13.6. The summed E-state index contributed by atoms with van der Waals surface area (Å²) < 4.78 is 41.4. The van der Waals surface area contributed by atoms with Crippen LogP contribution in [0.4, 0.5) is 4.39 Å². The van der Waals surface area contributed by atoms with Crippen molar-refractivity contribution >= 4 is 31.9 Å². The highest BCUT2D eigenvalue weighted by molar-refractivity contribution is 9.10. The SMILES string of the molecule is O=C(NCc1cccc(S(=O)(=O)NCc2cccc(F)c2)c1)c1cncc(Br)c1. The topological polar surface area (TPSA) is 88.2 Å². The van der Waals surface area contributed by atoms with Crippen LogP contribution in [0, 0.1) is 5.82 Å². The van der Waals surface area contributed by atoms with Gasteiger partial charge >= 0.3 is 0 Å². The monoisotopic (exact) mass is 477 g/mol. The van der Waals surface area contributed by atoms with Gasteiger partial charge in [-0.3, -0.25) is 9.78 Å². The molecule has 1 aromatic heterocycles. The van der Waals surface area contributed by atoms with Gasteiger partial charge in [-0.05, 0) is 57.4 Å². The zero-order chi connectivity index (χ0) is 20.9. The third kappa shape index (κ3) is 5.93. The van der Waals surface area contributed by atoms with Crippen molar-refractivity contribution in [1.82, 2.24) is 15.0 Å². The van der Waals surface area contributed by atoms with Crippen molar-refractivity contribution < 1.29 is 17.6 Å². The first-order valence-corrected chi connectivity index (χ1v) is 10.8. The maximum Gasteiger partial charge on any atom is 0.253 e. The van der Waals surface area contributed by atoms with Gasteiger partial charge in [-0.15, -0.1) is 0 Å². The number of aromatic nitrogens is 1. The van der Waals surface area contributed by atoms with Crippen LogP contribution < -0.4 is 10.0 Å². The van der Waals surface area contributed by atoms with Gasteiger partial charge in [0.2, 0.25) is 10.0 Å². The average Bonchev–Trinajstić information content (AvgIpc) is 2.71. The Bertz CT molecular complexity index is 1140. The summed E-state index contributed by atoms with van der Waals surface area (Å²) in [7, 11) is -3.79. The lowest BCUT2D eigenvalue weighted by Crippen LogP contribution is -2.25. The van der Waals surface area contributed by atoms with Gasteiger partial charge < -0.3 is 5.32 Å². The maximum absolute atomic E-state index is 13.2. The standard InChI is InChI=1S/C20H17BrFN3O3S/c21-17-9-16(12-23-13-17)20(26)24-10-15-4-2-6-19(8-15)29(27,28)25-11-14-3-1-5-18(22)7-14/h1-9,12-13,25H,10-11H2,(H,24,26). The van der Waals surface area contributed by atoms with E-state index in [0.29, 0.717) is 21.2 Å². The molecule has 6 nitrogen and oxygen atoms in total. The quantitative estimate of drug-likeness (QED) is 0.545. The molecule has 0 saturated carbocycles. The van der Waals surface area contributed by atoms with E-state index in [1.54, 1.807) is 30.5 Å². The van der Waals surface area contributed by atoms with Crippen molar-refractivity contribution in [3.8, 4) is 0 Å². The van der Waals surface area contributed by atoms with Gasteiger partial charge in [-0.2, -0.15) is 0 Å². The molecule has 0 aliphatic heterocycles. The summed E-state index contributed by atoms with van der Waals surface area (Å²) in [5, 5.41) is 2.73. The summed E-state index contributed by atoms with van der Waals surface area (Å²) in [5.74, 6) is -0.753. The zero-order valence-electron chi connectivity index (χ0n) is 15.1. The van der Waals surface area contributed by atoms with Crippen molar-refractivity contribution in [2.75, 3.05) is 0 Å². The van der Waals surface area contributed by atoms with Crippen molar-refractivity contribution in [3.05, 3.63) is 94.0 Å². The predicted molar refractivity (Wildman–Crippen MR) is 110 cm³/mol. The third-order valence-electron chi connectivity index (χ3n) is 3.98. The van der Waals surface area contributed by atoms with Crippen molar-refractivity contribution in [2.45, 2.75) is 18.0 Å². The molecule has 0 bridgehead atoms. The number of hydrogen-bond acceptors (Lipinski definition) is 4. The second kappa shape index (κ2) is 9.25. The van der Waals surface area contributed by atoms with E-state index < -0.39 is 15.8 Å². The van der Waals surface area contributed by atoms with Gasteiger partial charge in [0, 0.05) is 30.0 Å². The molecule has 3 rings (SSSR count). The number of nitrogens with one attached hydrogen (secondary N) is 2. The fraction of sp³-hybridized carbons (Fsp3) is 0.100. The second-order valence-electron chi connectivity index (χ2n) is 6.18. The number of halogens is 2. The Hall–Kier alpha value is -2.62. The van der Waals surface area contributed by atoms with E-state index in [1.807, 2.05) is 0 Å². The Morgan fingerprint density at radius 1 is 1.00 bits per heavy atom. The first-order chi connectivity index (χ1) is 13.8. The third-order valence-corrected chi connectivity index (χ3v) is 5.82. The molecule has 0 aliphatic rings. The smallest absolute Gasteiger partial charge is 0.253 e. The molecule has 2 aromatic carbocycles. The normalized spacial score (nSPS) is 11.2. The van der Waals surface area contributed by atoms with E-state index in [9.17, 15) is 17.6 Å². The fourth-order valence-electron chi connectivity index (χ4n) is 2.55. The molecule has 0 aliphatic carbocycles. The molecular weight excluding hydrogens is 461 g/mol. The number of nitrogens with zero attached hydrogens (tertiary/aromatic N) is 1. The summed E-state index contributed by atoms with van der Waals surface area (Å²) in [4.78, 5) is 16.2. The summed E-state index contributed by atoms with van der Waals surface area (Å²) in [5.41, 5.74) is 1.52. The summed E-state index contributed by atoms with van der Waals surface area (Å²) >= 11 is 3.26. The highest BCUT2D eigenvalue weighted by atomic mass is 79.9. The number of amides is 1. The minimum Gasteiger partial charge on any atom is -0.348 e. The molecule has 0 unspecified atom stereocenters. The Balaban J connectivity index is 1.65. The van der Waals surface area contributed by atoms with Crippen LogP contribution in [0.15, 0.2) is 76.4 Å². The largest absolute Gasteiger partial charge is 0.348 e.